The van der Waals surface area contributed by atoms with Crippen molar-refractivity contribution in [3.8, 4) is 5.75 Å². The van der Waals surface area contributed by atoms with Crippen LogP contribution in [0.2, 0.25) is 0 Å². The fourth-order valence-electron chi connectivity index (χ4n) is 3.59. The number of hydrogen-bond donors (Lipinski definition) is 0. The number of rotatable bonds is 4. The van der Waals surface area contributed by atoms with E-state index >= 15 is 0 Å². The van der Waals surface area contributed by atoms with E-state index in [1.165, 1.54) is 23.1 Å². The molecule has 0 fully saturated rings. The molecule has 1 aliphatic carbocycles. The first kappa shape index (κ1) is 16.5. The van der Waals surface area contributed by atoms with Crippen LogP contribution in [0, 0.1) is 0 Å². The summed E-state index contributed by atoms with van der Waals surface area (Å²) in [5, 5.41) is 0. The van der Waals surface area contributed by atoms with Crippen LogP contribution in [0.4, 0.5) is 0 Å². The lowest BCUT2D eigenvalue weighted by atomic mass is 9.80. The van der Waals surface area contributed by atoms with E-state index in [2.05, 4.69) is 72.2 Å². The fourth-order valence-corrected chi connectivity index (χ4v) is 4.04. The second-order valence-electron chi connectivity index (χ2n) is 6.64. The van der Waals surface area contributed by atoms with E-state index in [0.29, 0.717) is 18.6 Å². The third-order valence-corrected chi connectivity index (χ3v) is 5.34. The lowest BCUT2D eigenvalue weighted by Crippen LogP contribution is -2.36. The van der Waals surface area contributed by atoms with Gasteiger partial charge in [0.25, 0.3) is 0 Å². The maximum Gasteiger partial charge on any atom is 0.120 e. The monoisotopic (exact) mass is 373 g/mol. The fraction of sp³-hybridized carbons (Fsp3) is 0.400. The first-order valence-corrected chi connectivity index (χ1v) is 9.00. The van der Waals surface area contributed by atoms with Crippen molar-refractivity contribution in [2.75, 3.05) is 14.1 Å². The zero-order valence-corrected chi connectivity index (χ0v) is 15.6. The first-order chi connectivity index (χ1) is 11.0. The van der Waals surface area contributed by atoms with Gasteiger partial charge in [0, 0.05) is 10.5 Å². The van der Waals surface area contributed by atoms with Crippen molar-refractivity contribution in [1.82, 2.24) is 4.90 Å². The van der Waals surface area contributed by atoms with Crippen molar-refractivity contribution >= 4 is 15.9 Å². The highest BCUT2D eigenvalue weighted by Gasteiger charge is 2.27. The Kier molecular flexibility index (Phi) is 5.08. The quantitative estimate of drug-likeness (QED) is 0.746. The third kappa shape index (κ3) is 3.78. The van der Waals surface area contributed by atoms with Crippen LogP contribution >= 0.6 is 15.9 Å². The van der Waals surface area contributed by atoms with Crippen LogP contribution in [0.15, 0.2) is 46.9 Å². The topological polar surface area (TPSA) is 12.5 Å². The molecule has 2 aromatic carbocycles. The van der Waals surface area contributed by atoms with Crippen LogP contribution in [-0.4, -0.2) is 25.0 Å². The third-order valence-electron chi connectivity index (χ3n) is 4.85. The predicted octanol–water partition coefficient (Wildman–Crippen LogP) is 5.01. The van der Waals surface area contributed by atoms with E-state index < -0.39 is 0 Å². The molecule has 2 nitrogen and oxygen atoms in total. The van der Waals surface area contributed by atoms with Crippen LogP contribution in [0.5, 0.6) is 5.75 Å². The van der Waals surface area contributed by atoms with Gasteiger partial charge in [0.1, 0.15) is 12.4 Å². The smallest absolute Gasteiger partial charge is 0.120 e. The molecule has 0 heterocycles. The summed E-state index contributed by atoms with van der Waals surface area (Å²) in [6.07, 6.45) is 2.35. The van der Waals surface area contributed by atoms with Crippen molar-refractivity contribution < 1.29 is 4.74 Å². The molecule has 122 valence electrons. The molecular formula is C20H24BrNO. The van der Waals surface area contributed by atoms with Gasteiger partial charge in [-0.2, -0.15) is 0 Å². The van der Waals surface area contributed by atoms with Gasteiger partial charge in [0.05, 0.1) is 0 Å². The maximum absolute atomic E-state index is 5.99. The number of ether oxygens (including phenoxy) is 1. The molecule has 1 aliphatic rings. The van der Waals surface area contributed by atoms with Gasteiger partial charge in [-0.05, 0) is 73.8 Å². The summed E-state index contributed by atoms with van der Waals surface area (Å²) < 4.78 is 7.08. The van der Waals surface area contributed by atoms with E-state index in [1.807, 2.05) is 12.1 Å². The number of likely N-dealkylation sites (N-methyl/N-ethyl adjacent to an activating group) is 1. The molecular weight excluding hydrogens is 350 g/mol. The first-order valence-electron chi connectivity index (χ1n) is 8.21. The normalized spacial score (nSPS) is 20.4. The van der Waals surface area contributed by atoms with E-state index in [-0.39, 0.29) is 0 Å². The van der Waals surface area contributed by atoms with Gasteiger partial charge in [0.15, 0.2) is 0 Å². The van der Waals surface area contributed by atoms with Crippen LogP contribution < -0.4 is 4.74 Å². The van der Waals surface area contributed by atoms with E-state index in [1.54, 1.807) is 0 Å². The Morgan fingerprint density at radius 2 is 2.00 bits per heavy atom. The number of aryl methyl sites for hydroxylation is 1. The van der Waals surface area contributed by atoms with Gasteiger partial charge in [-0.1, -0.05) is 41.1 Å². The molecule has 2 aromatic rings. The SMILES string of the molecule is CC1c2ccc(OCc3cccc(Br)c3)cc2CCC1N(C)C. The van der Waals surface area contributed by atoms with Gasteiger partial charge in [0.2, 0.25) is 0 Å². The summed E-state index contributed by atoms with van der Waals surface area (Å²) in [4.78, 5) is 2.35. The predicted molar refractivity (Wildman–Crippen MR) is 99.1 cm³/mol. The zero-order chi connectivity index (χ0) is 16.4. The summed E-state index contributed by atoms with van der Waals surface area (Å²) in [7, 11) is 4.36. The molecule has 2 unspecified atom stereocenters. The minimum Gasteiger partial charge on any atom is -0.489 e. The summed E-state index contributed by atoms with van der Waals surface area (Å²) >= 11 is 3.50. The standard InChI is InChI=1S/C20H24BrNO/c1-14-19-9-8-18(12-16(19)7-10-20(14)22(2)3)23-13-15-5-4-6-17(21)11-15/h4-6,8-9,11-12,14,20H,7,10,13H2,1-3H3. The molecule has 23 heavy (non-hydrogen) atoms. The minimum absolute atomic E-state index is 0.577. The second kappa shape index (κ2) is 7.06. The van der Waals surface area contributed by atoms with Gasteiger partial charge < -0.3 is 9.64 Å². The Labute approximate surface area is 147 Å². The van der Waals surface area contributed by atoms with Crippen molar-refractivity contribution in [3.63, 3.8) is 0 Å². The molecule has 0 aromatic heterocycles. The molecule has 0 spiro atoms. The minimum atomic E-state index is 0.577. The van der Waals surface area contributed by atoms with Crippen molar-refractivity contribution in [2.45, 2.75) is 38.3 Å². The zero-order valence-electron chi connectivity index (χ0n) is 14.1. The Morgan fingerprint density at radius 3 is 2.74 bits per heavy atom. The molecule has 0 amide bonds. The average Bonchev–Trinajstić information content (AvgIpc) is 2.53. The second-order valence-corrected chi connectivity index (χ2v) is 7.55. The average molecular weight is 374 g/mol. The summed E-state index contributed by atoms with van der Waals surface area (Å²) in [6.45, 7) is 2.94. The number of halogens is 1. The molecule has 2 atom stereocenters. The van der Waals surface area contributed by atoms with Crippen LogP contribution in [0.1, 0.15) is 36.0 Å². The van der Waals surface area contributed by atoms with Crippen LogP contribution in [0.3, 0.4) is 0 Å². The van der Waals surface area contributed by atoms with Gasteiger partial charge in [-0.15, -0.1) is 0 Å². The molecule has 3 rings (SSSR count). The molecule has 0 aliphatic heterocycles. The lowest BCUT2D eigenvalue weighted by molar-refractivity contribution is 0.236. The highest BCUT2D eigenvalue weighted by Crippen LogP contribution is 2.35. The summed E-state index contributed by atoms with van der Waals surface area (Å²) in [6, 6.07) is 15.5. The van der Waals surface area contributed by atoms with E-state index in [9.17, 15) is 0 Å². The van der Waals surface area contributed by atoms with Gasteiger partial charge in [-0.3, -0.25) is 0 Å². The Morgan fingerprint density at radius 1 is 1.17 bits per heavy atom. The number of hydrogen-bond acceptors (Lipinski definition) is 2. The largest absolute Gasteiger partial charge is 0.489 e. The number of nitrogens with zero attached hydrogens (tertiary/aromatic N) is 1. The number of fused-ring (bicyclic) bond motifs is 1. The highest BCUT2D eigenvalue weighted by molar-refractivity contribution is 9.10. The highest BCUT2D eigenvalue weighted by atomic mass is 79.9. The van der Waals surface area contributed by atoms with Crippen LogP contribution in [-0.2, 0) is 13.0 Å². The summed E-state index contributed by atoms with van der Waals surface area (Å²) in [5.41, 5.74) is 4.10. The summed E-state index contributed by atoms with van der Waals surface area (Å²) in [5.74, 6) is 1.55. The Hall–Kier alpha value is -1.32. The molecule has 0 N–H and O–H groups in total. The van der Waals surface area contributed by atoms with E-state index in [0.717, 1.165) is 16.6 Å². The van der Waals surface area contributed by atoms with Gasteiger partial charge in [-0.25, -0.2) is 0 Å². The molecule has 0 radical (unpaired) electrons. The van der Waals surface area contributed by atoms with Gasteiger partial charge >= 0.3 is 0 Å². The lowest BCUT2D eigenvalue weighted by Gasteiger charge is -2.35. The van der Waals surface area contributed by atoms with Crippen molar-refractivity contribution in [2.24, 2.45) is 0 Å². The molecule has 0 saturated heterocycles. The van der Waals surface area contributed by atoms with Crippen LogP contribution in [0.25, 0.3) is 0 Å². The molecule has 3 heteroatoms. The Bertz CT molecular complexity index is 683. The maximum atomic E-state index is 5.99. The molecule has 0 saturated carbocycles. The van der Waals surface area contributed by atoms with E-state index in [4.69, 9.17) is 4.74 Å². The molecule has 0 bridgehead atoms. The van der Waals surface area contributed by atoms with Crippen molar-refractivity contribution in [3.05, 3.63) is 63.6 Å². The Balaban J connectivity index is 1.72. The van der Waals surface area contributed by atoms with Crippen molar-refractivity contribution in [1.29, 1.82) is 0 Å². The number of benzene rings is 2.